The minimum absolute atomic E-state index is 0.192. The molecule has 0 aliphatic heterocycles. The zero-order valence-electron chi connectivity index (χ0n) is 16.1. The molecule has 5 nitrogen and oxygen atoms in total. The summed E-state index contributed by atoms with van der Waals surface area (Å²) in [5, 5.41) is 1.77. The van der Waals surface area contributed by atoms with Gasteiger partial charge < -0.3 is 13.7 Å². The van der Waals surface area contributed by atoms with Gasteiger partial charge in [-0.05, 0) is 42.8 Å². The van der Waals surface area contributed by atoms with Crippen LogP contribution in [0.25, 0.3) is 10.9 Å². The zero-order valence-corrected chi connectivity index (χ0v) is 16.8. The van der Waals surface area contributed by atoms with Crippen molar-refractivity contribution in [2.24, 2.45) is 4.99 Å². The number of carbonyl (C=O) groups is 1. The van der Waals surface area contributed by atoms with Crippen LogP contribution in [-0.4, -0.2) is 23.9 Å². The summed E-state index contributed by atoms with van der Waals surface area (Å²) in [6, 6.07) is 17.2. The number of benzene rings is 2. The van der Waals surface area contributed by atoms with Gasteiger partial charge in [-0.2, -0.15) is 0 Å². The molecule has 2 heterocycles. The topological polar surface area (TPSA) is 56.7 Å². The van der Waals surface area contributed by atoms with Crippen LogP contribution in [0.3, 0.4) is 0 Å². The van der Waals surface area contributed by atoms with Crippen LogP contribution in [-0.2, 0) is 11.3 Å². The first-order chi connectivity index (χ1) is 14.1. The molecule has 0 radical (unpaired) electrons. The molecule has 0 spiro atoms. The fourth-order valence-corrected chi connectivity index (χ4v) is 3.39. The van der Waals surface area contributed by atoms with Gasteiger partial charge in [-0.1, -0.05) is 35.9 Å². The highest BCUT2D eigenvalue weighted by Gasteiger charge is 2.13. The predicted octanol–water partition coefficient (Wildman–Crippen LogP) is 5.78. The van der Waals surface area contributed by atoms with E-state index < -0.39 is 5.97 Å². The molecule has 2 aromatic heterocycles. The number of ether oxygens (including phenoxy) is 1. The summed E-state index contributed by atoms with van der Waals surface area (Å²) >= 11 is 6.20. The molecule has 4 aromatic rings. The van der Waals surface area contributed by atoms with E-state index in [-0.39, 0.29) is 5.76 Å². The highest BCUT2D eigenvalue weighted by molar-refractivity contribution is 6.31. The van der Waals surface area contributed by atoms with Gasteiger partial charge in [0.25, 0.3) is 0 Å². The van der Waals surface area contributed by atoms with Crippen LogP contribution in [0.1, 0.15) is 27.4 Å². The Morgan fingerprint density at radius 1 is 1.17 bits per heavy atom. The lowest BCUT2D eigenvalue weighted by Gasteiger charge is -2.02. The largest absolute Gasteiger partial charge is 0.463 e. The van der Waals surface area contributed by atoms with Crippen molar-refractivity contribution in [1.82, 2.24) is 4.57 Å². The molecule has 146 valence electrons. The van der Waals surface area contributed by atoms with Crippen LogP contribution in [0.2, 0.25) is 5.02 Å². The van der Waals surface area contributed by atoms with Crippen LogP contribution in [0.5, 0.6) is 0 Å². The van der Waals surface area contributed by atoms with Crippen LogP contribution >= 0.6 is 11.6 Å². The van der Waals surface area contributed by atoms with Gasteiger partial charge in [0.05, 0.1) is 19.3 Å². The third kappa shape index (κ3) is 3.82. The smallest absolute Gasteiger partial charge is 0.373 e. The second kappa shape index (κ2) is 7.97. The number of halogens is 1. The number of aliphatic imine (C=N–C) groups is 1. The minimum atomic E-state index is -0.488. The van der Waals surface area contributed by atoms with Crippen molar-refractivity contribution >= 4 is 40.4 Å². The average Bonchev–Trinajstić information content (AvgIpc) is 3.34. The van der Waals surface area contributed by atoms with Crippen molar-refractivity contribution in [3.05, 3.63) is 88.5 Å². The lowest BCUT2D eigenvalue weighted by molar-refractivity contribution is 0.0563. The number of furan rings is 1. The molecule has 0 aliphatic rings. The van der Waals surface area contributed by atoms with E-state index in [0.717, 1.165) is 27.7 Å². The van der Waals surface area contributed by atoms with Gasteiger partial charge in [0, 0.05) is 33.9 Å². The highest BCUT2D eigenvalue weighted by atomic mass is 35.5. The number of aromatic nitrogens is 1. The lowest BCUT2D eigenvalue weighted by atomic mass is 10.2. The summed E-state index contributed by atoms with van der Waals surface area (Å²) in [5.74, 6) is 0.371. The van der Waals surface area contributed by atoms with Gasteiger partial charge in [0.2, 0.25) is 5.76 Å². The predicted molar refractivity (Wildman–Crippen MR) is 115 cm³/mol. The number of rotatable bonds is 5. The van der Waals surface area contributed by atoms with Crippen molar-refractivity contribution in [2.75, 3.05) is 7.11 Å². The summed E-state index contributed by atoms with van der Waals surface area (Å²) < 4.78 is 12.4. The van der Waals surface area contributed by atoms with Gasteiger partial charge in [0.15, 0.2) is 0 Å². The zero-order chi connectivity index (χ0) is 20.4. The molecule has 0 amide bonds. The molecule has 0 atom stereocenters. The Morgan fingerprint density at radius 3 is 2.83 bits per heavy atom. The van der Waals surface area contributed by atoms with Crippen LogP contribution in [0.15, 0.2) is 70.2 Å². The number of methoxy groups -OCH3 is 1. The number of fused-ring (bicyclic) bond motifs is 1. The minimum Gasteiger partial charge on any atom is -0.463 e. The maximum atomic E-state index is 11.6. The van der Waals surface area contributed by atoms with Gasteiger partial charge in [-0.3, -0.25) is 4.99 Å². The quantitative estimate of drug-likeness (QED) is 0.311. The Labute approximate surface area is 173 Å². The number of carbonyl (C=O) groups excluding carboxylic acids is 1. The average molecular weight is 407 g/mol. The summed E-state index contributed by atoms with van der Waals surface area (Å²) in [4.78, 5) is 16.3. The number of hydrogen-bond donors (Lipinski definition) is 0. The molecular formula is C23H19ClN2O3. The molecular weight excluding hydrogens is 388 g/mol. The Kier molecular flexibility index (Phi) is 5.23. The molecule has 0 aliphatic carbocycles. The maximum absolute atomic E-state index is 11.6. The van der Waals surface area contributed by atoms with Crippen molar-refractivity contribution < 1.29 is 13.9 Å². The SMILES string of the molecule is COC(=O)c1ccc(Cn2cc(C=Nc3cccc(Cl)c3C)c3ccccc32)o1. The summed E-state index contributed by atoms with van der Waals surface area (Å²) in [7, 11) is 1.33. The maximum Gasteiger partial charge on any atom is 0.373 e. The number of hydrogen-bond acceptors (Lipinski definition) is 4. The van der Waals surface area contributed by atoms with E-state index in [9.17, 15) is 4.79 Å². The van der Waals surface area contributed by atoms with E-state index >= 15 is 0 Å². The number of para-hydroxylation sites is 1. The van der Waals surface area contributed by atoms with Gasteiger partial charge in [0.1, 0.15) is 5.76 Å². The lowest BCUT2D eigenvalue weighted by Crippen LogP contribution is -1.99. The highest BCUT2D eigenvalue weighted by Crippen LogP contribution is 2.27. The standard InChI is InChI=1S/C23H19ClN2O3/c1-15-19(24)7-5-8-20(15)25-12-16-13-26(21-9-4-3-6-18(16)21)14-17-10-11-22(29-17)23(27)28-2/h3-13H,14H2,1-2H3. The Hall–Kier alpha value is -3.31. The molecule has 0 saturated carbocycles. The van der Waals surface area contributed by atoms with E-state index in [1.807, 2.05) is 55.7 Å². The first kappa shape index (κ1) is 19.0. The summed E-state index contributed by atoms with van der Waals surface area (Å²) in [6.45, 7) is 2.44. The fourth-order valence-electron chi connectivity index (χ4n) is 3.22. The molecule has 6 heteroatoms. The summed E-state index contributed by atoms with van der Waals surface area (Å²) in [6.07, 6.45) is 3.87. The van der Waals surface area contributed by atoms with Gasteiger partial charge >= 0.3 is 5.97 Å². The third-order valence-electron chi connectivity index (χ3n) is 4.78. The Morgan fingerprint density at radius 2 is 2.00 bits per heavy atom. The van der Waals surface area contributed by atoms with Crippen LogP contribution in [0, 0.1) is 6.92 Å². The number of esters is 1. The monoisotopic (exact) mass is 406 g/mol. The number of nitrogens with zero attached hydrogens (tertiary/aromatic N) is 2. The molecule has 2 aromatic carbocycles. The first-order valence-corrected chi connectivity index (χ1v) is 9.48. The van der Waals surface area contributed by atoms with Crippen LogP contribution in [0.4, 0.5) is 5.69 Å². The second-order valence-electron chi connectivity index (χ2n) is 6.63. The third-order valence-corrected chi connectivity index (χ3v) is 5.19. The summed E-state index contributed by atoms with van der Waals surface area (Å²) in [5.41, 5.74) is 3.82. The van der Waals surface area contributed by atoms with Crippen molar-refractivity contribution in [2.45, 2.75) is 13.5 Å². The van der Waals surface area contributed by atoms with E-state index in [1.165, 1.54) is 7.11 Å². The molecule has 29 heavy (non-hydrogen) atoms. The molecule has 0 bridgehead atoms. The van der Waals surface area contributed by atoms with E-state index in [0.29, 0.717) is 17.3 Å². The van der Waals surface area contributed by atoms with E-state index in [4.69, 9.17) is 20.8 Å². The second-order valence-corrected chi connectivity index (χ2v) is 7.04. The Balaban J connectivity index is 1.68. The van der Waals surface area contributed by atoms with Crippen molar-refractivity contribution in [3.63, 3.8) is 0 Å². The van der Waals surface area contributed by atoms with Crippen molar-refractivity contribution in [3.8, 4) is 0 Å². The normalized spacial score (nSPS) is 11.4. The van der Waals surface area contributed by atoms with Gasteiger partial charge in [-0.25, -0.2) is 4.79 Å². The molecule has 0 saturated heterocycles. The van der Waals surface area contributed by atoms with Crippen molar-refractivity contribution in [1.29, 1.82) is 0 Å². The molecule has 0 unspecified atom stereocenters. The molecule has 0 fully saturated rings. The first-order valence-electron chi connectivity index (χ1n) is 9.11. The van der Waals surface area contributed by atoms with E-state index in [1.54, 1.807) is 12.1 Å². The van der Waals surface area contributed by atoms with Crippen LogP contribution < -0.4 is 0 Å². The molecule has 0 N–H and O–H groups in total. The Bertz CT molecular complexity index is 1220. The fraction of sp³-hybridized carbons (Fsp3) is 0.130. The van der Waals surface area contributed by atoms with E-state index in [2.05, 4.69) is 15.6 Å². The van der Waals surface area contributed by atoms with Gasteiger partial charge in [-0.15, -0.1) is 0 Å². The molecule has 4 rings (SSSR count).